The van der Waals surface area contributed by atoms with Gasteiger partial charge in [-0.05, 0) is 28.4 Å². The van der Waals surface area contributed by atoms with Crippen LogP contribution in [0.25, 0.3) is 11.0 Å². The minimum atomic E-state index is -0.280. The van der Waals surface area contributed by atoms with Gasteiger partial charge in [-0.3, -0.25) is 0 Å². The van der Waals surface area contributed by atoms with Gasteiger partial charge in [0.05, 0.1) is 15.5 Å². The number of nitrogens with zero attached hydrogens (tertiary/aromatic N) is 2. The Bertz CT molecular complexity index is 573. The Hall–Kier alpha value is -0.650. The largest absolute Gasteiger partial charge is 0.385 e. The average molecular weight is 350 g/mol. The van der Waals surface area contributed by atoms with Crippen molar-refractivity contribution in [3.05, 3.63) is 28.2 Å². The van der Waals surface area contributed by atoms with E-state index in [9.17, 15) is 4.39 Å². The zero-order valence-corrected chi connectivity index (χ0v) is 13.0. The van der Waals surface area contributed by atoms with Gasteiger partial charge in [0.1, 0.15) is 11.6 Å². The quantitative estimate of drug-likeness (QED) is 0.586. The van der Waals surface area contributed by atoms with Gasteiger partial charge >= 0.3 is 0 Å². The first-order valence-corrected chi connectivity index (χ1v) is 7.39. The van der Waals surface area contributed by atoms with Crippen molar-refractivity contribution < 1.29 is 9.13 Å². The molecule has 104 valence electrons. The van der Waals surface area contributed by atoms with Gasteiger partial charge in [0.25, 0.3) is 0 Å². The normalized spacial score (nSPS) is 11.4. The average Bonchev–Trinajstić information content (AvgIpc) is 2.69. The SMILES string of the molecule is COCCCn1c(CCCl)nc2cc(Br)c(F)cc21. The lowest BCUT2D eigenvalue weighted by atomic mass is 10.3. The number of fused-ring (bicyclic) bond motifs is 1. The van der Waals surface area contributed by atoms with Crippen molar-refractivity contribution in [2.45, 2.75) is 19.4 Å². The highest BCUT2D eigenvalue weighted by molar-refractivity contribution is 9.10. The molecule has 0 atom stereocenters. The maximum Gasteiger partial charge on any atom is 0.139 e. The van der Waals surface area contributed by atoms with Crippen LogP contribution in [0.15, 0.2) is 16.6 Å². The van der Waals surface area contributed by atoms with Crippen molar-refractivity contribution in [3.63, 3.8) is 0 Å². The van der Waals surface area contributed by atoms with Crippen molar-refractivity contribution in [1.29, 1.82) is 0 Å². The summed E-state index contributed by atoms with van der Waals surface area (Å²) in [7, 11) is 1.67. The first kappa shape index (κ1) is 14.8. The van der Waals surface area contributed by atoms with E-state index in [1.165, 1.54) is 6.07 Å². The molecule has 1 heterocycles. The van der Waals surface area contributed by atoms with Crippen LogP contribution in [0, 0.1) is 5.82 Å². The number of alkyl halides is 1. The molecule has 0 unspecified atom stereocenters. The molecule has 0 N–H and O–H groups in total. The Kier molecular flexibility index (Phi) is 5.19. The molecule has 0 amide bonds. The predicted octanol–water partition coefficient (Wildman–Crippen LogP) is 3.76. The fraction of sp³-hybridized carbons (Fsp3) is 0.462. The molecule has 6 heteroatoms. The minimum absolute atomic E-state index is 0.280. The molecule has 0 radical (unpaired) electrons. The van der Waals surface area contributed by atoms with E-state index in [0.717, 1.165) is 29.8 Å². The van der Waals surface area contributed by atoms with E-state index in [-0.39, 0.29) is 5.82 Å². The van der Waals surface area contributed by atoms with E-state index >= 15 is 0 Å². The summed E-state index contributed by atoms with van der Waals surface area (Å²) in [6.45, 7) is 1.41. The van der Waals surface area contributed by atoms with Crippen LogP contribution in [0.4, 0.5) is 4.39 Å². The Morgan fingerprint density at radius 1 is 1.47 bits per heavy atom. The van der Waals surface area contributed by atoms with Crippen LogP contribution in [-0.2, 0) is 17.7 Å². The van der Waals surface area contributed by atoms with E-state index in [4.69, 9.17) is 16.3 Å². The zero-order valence-electron chi connectivity index (χ0n) is 10.6. The van der Waals surface area contributed by atoms with Crippen LogP contribution in [-0.4, -0.2) is 29.1 Å². The number of aromatic nitrogens is 2. The van der Waals surface area contributed by atoms with Gasteiger partial charge in [-0.2, -0.15) is 0 Å². The topological polar surface area (TPSA) is 27.1 Å². The molecule has 0 spiro atoms. The van der Waals surface area contributed by atoms with Crippen LogP contribution < -0.4 is 0 Å². The smallest absolute Gasteiger partial charge is 0.139 e. The molecule has 0 saturated carbocycles. The Morgan fingerprint density at radius 2 is 2.26 bits per heavy atom. The number of hydrogen-bond donors (Lipinski definition) is 0. The molecular weight excluding hydrogens is 335 g/mol. The molecule has 0 bridgehead atoms. The highest BCUT2D eigenvalue weighted by atomic mass is 79.9. The number of ether oxygens (including phenoxy) is 1. The maximum atomic E-state index is 13.7. The van der Waals surface area contributed by atoms with Crippen molar-refractivity contribution in [1.82, 2.24) is 9.55 Å². The van der Waals surface area contributed by atoms with Gasteiger partial charge in [0.15, 0.2) is 0 Å². The molecule has 0 aliphatic rings. The Balaban J connectivity index is 2.43. The fourth-order valence-corrected chi connectivity index (χ4v) is 2.56. The van der Waals surface area contributed by atoms with Gasteiger partial charge in [0, 0.05) is 38.6 Å². The molecule has 0 fully saturated rings. The van der Waals surface area contributed by atoms with E-state index < -0.39 is 0 Å². The van der Waals surface area contributed by atoms with Crippen molar-refractivity contribution in [2.24, 2.45) is 0 Å². The third kappa shape index (κ3) is 3.27. The first-order valence-electron chi connectivity index (χ1n) is 6.06. The molecular formula is C13H15BrClFN2O. The molecule has 2 rings (SSSR count). The molecule has 0 aliphatic carbocycles. The highest BCUT2D eigenvalue weighted by Crippen LogP contribution is 2.24. The summed E-state index contributed by atoms with van der Waals surface area (Å²) < 4.78 is 21.2. The first-order chi connectivity index (χ1) is 9.17. The summed E-state index contributed by atoms with van der Waals surface area (Å²) in [4.78, 5) is 4.52. The second-order valence-corrected chi connectivity index (χ2v) is 5.45. The van der Waals surface area contributed by atoms with Crippen molar-refractivity contribution in [3.8, 4) is 0 Å². The monoisotopic (exact) mass is 348 g/mol. The molecule has 1 aromatic carbocycles. The van der Waals surface area contributed by atoms with Crippen LogP contribution in [0.1, 0.15) is 12.2 Å². The summed E-state index contributed by atoms with van der Waals surface area (Å²) in [5, 5.41) is 0. The number of methoxy groups -OCH3 is 1. The number of rotatable bonds is 6. The van der Waals surface area contributed by atoms with E-state index in [1.54, 1.807) is 13.2 Å². The van der Waals surface area contributed by atoms with Crippen LogP contribution >= 0.6 is 27.5 Å². The minimum Gasteiger partial charge on any atom is -0.385 e. The molecule has 19 heavy (non-hydrogen) atoms. The van der Waals surface area contributed by atoms with Crippen molar-refractivity contribution >= 4 is 38.6 Å². The molecule has 0 aliphatic heterocycles. The third-order valence-electron chi connectivity index (χ3n) is 2.92. The standard InChI is InChI=1S/C13H15BrClFN2O/c1-19-6-2-5-18-12-8-10(16)9(14)7-11(12)17-13(18)3-4-15/h7-8H,2-6H2,1H3. The summed E-state index contributed by atoms with van der Waals surface area (Å²) >= 11 is 8.98. The fourth-order valence-electron chi connectivity index (χ4n) is 2.06. The lowest BCUT2D eigenvalue weighted by Crippen LogP contribution is -2.07. The van der Waals surface area contributed by atoms with Crippen LogP contribution in [0.2, 0.25) is 0 Å². The maximum absolute atomic E-state index is 13.7. The summed E-state index contributed by atoms with van der Waals surface area (Å²) in [5.41, 5.74) is 1.59. The van der Waals surface area contributed by atoms with Gasteiger partial charge < -0.3 is 9.30 Å². The van der Waals surface area contributed by atoms with Crippen LogP contribution in [0.5, 0.6) is 0 Å². The van der Waals surface area contributed by atoms with Gasteiger partial charge in [-0.15, -0.1) is 11.6 Å². The van der Waals surface area contributed by atoms with Gasteiger partial charge in [0.2, 0.25) is 0 Å². The van der Waals surface area contributed by atoms with Gasteiger partial charge in [-0.25, -0.2) is 9.37 Å². The number of aryl methyl sites for hydroxylation is 2. The summed E-state index contributed by atoms with van der Waals surface area (Å²) in [6, 6.07) is 3.21. The van der Waals surface area contributed by atoms with E-state index in [2.05, 4.69) is 20.9 Å². The molecule has 3 nitrogen and oxygen atoms in total. The van der Waals surface area contributed by atoms with E-state index in [0.29, 0.717) is 23.4 Å². The number of halogens is 3. The Labute approximate surface area is 124 Å². The lowest BCUT2D eigenvalue weighted by Gasteiger charge is -2.08. The molecule has 2 aromatic rings. The predicted molar refractivity (Wildman–Crippen MR) is 78.3 cm³/mol. The number of benzene rings is 1. The molecule has 0 saturated heterocycles. The van der Waals surface area contributed by atoms with E-state index in [1.807, 2.05) is 4.57 Å². The Morgan fingerprint density at radius 3 is 2.95 bits per heavy atom. The van der Waals surface area contributed by atoms with Crippen LogP contribution in [0.3, 0.4) is 0 Å². The lowest BCUT2D eigenvalue weighted by molar-refractivity contribution is 0.190. The zero-order chi connectivity index (χ0) is 13.8. The number of imidazole rings is 1. The summed E-state index contributed by atoms with van der Waals surface area (Å²) in [5.74, 6) is 1.11. The second kappa shape index (κ2) is 6.68. The third-order valence-corrected chi connectivity index (χ3v) is 3.71. The second-order valence-electron chi connectivity index (χ2n) is 4.22. The summed E-state index contributed by atoms with van der Waals surface area (Å²) in [6.07, 6.45) is 1.53. The highest BCUT2D eigenvalue weighted by Gasteiger charge is 2.13. The van der Waals surface area contributed by atoms with Gasteiger partial charge in [-0.1, -0.05) is 0 Å². The van der Waals surface area contributed by atoms with Crippen molar-refractivity contribution in [2.75, 3.05) is 19.6 Å². The molecule has 1 aromatic heterocycles. The number of hydrogen-bond acceptors (Lipinski definition) is 2.